The summed E-state index contributed by atoms with van der Waals surface area (Å²) in [5.41, 5.74) is -0.628. The highest BCUT2D eigenvalue weighted by molar-refractivity contribution is 6.30. The molecule has 3 aromatic heterocycles. The first-order chi connectivity index (χ1) is 17.8. The molecule has 0 amide bonds. The van der Waals surface area contributed by atoms with E-state index < -0.39 is 36.6 Å². The van der Waals surface area contributed by atoms with Crippen LogP contribution in [0, 0.1) is 0 Å². The molecule has 0 aliphatic heterocycles. The summed E-state index contributed by atoms with van der Waals surface area (Å²) in [6.07, 6.45) is -5.42. The van der Waals surface area contributed by atoms with E-state index in [4.69, 9.17) is 16.3 Å². The molecule has 0 aliphatic rings. The van der Waals surface area contributed by atoms with Gasteiger partial charge in [-0.05, 0) is 31.2 Å². The number of aromatic nitrogens is 8. The van der Waals surface area contributed by atoms with E-state index >= 15 is 0 Å². The van der Waals surface area contributed by atoms with Gasteiger partial charge in [0.2, 0.25) is 5.95 Å². The monoisotopic (exact) mass is 554 g/mol. The Morgan fingerprint density at radius 3 is 2.47 bits per heavy atom. The van der Waals surface area contributed by atoms with Crippen LogP contribution in [0.15, 0.2) is 41.5 Å². The van der Waals surface area contributed by atoms with Crippen LogP contribution >= 0.6 is 11.6 Å². The number of aryl methyl sites for hydroxylation is 1. The van der Waals surface area contributed by atoms with Crippen molar-refractivity contribution in [2.75, 3.05) is 0 Å². The minimum atomic E-state index is -4.96. The Labute approximate surface area is 217 Å². The molecule has 0 spiro atoms. The van der Waals surface area contributed by atoms with Gasteiger partial charge in [-0.15, -0.1) is 10.2 Å². The second-order valence-electron chi connectivity index (χ2n) is 8.33. The van der Waals surface area contributed by atoms with Crippen molar-refractivity contribution in [1.29, 1.82) is 0 Å². The standard InChI is InChI=1S/C22H22ClF3N8O4/c1-12(38-13(2)35)18-28-17(29-34(18)20-27-8-9-31(20)3)11-33-21(37)32(10-16(36)22(24,25)26)19(30-33)14-4-6-15(23)7-5-14/h4-9,12,16,36H,10-11H2,1-3H3. The van der Waals surface area contributed by atoms with E-state index in [1.54, 1.807) is 24.7 Å². The molecule has 0 bridgehead atoms. The summed E-state index contributed by atoms with van der Waals surface area (Å²) in [6.45, 7) is 1.39. The lowest BCUT2D eigenvalue weighted by Crippen LogP contribution is -2.37. The lowest BCUT2D eigenvalue weighted by atomic mass is 10.2. The van der Waals surface area contributed by atoms with Gasteiger partial charge in [-0.2, -0.15) is 17.9 Å². The van der Waals surface area contributed by atoms with Gasteiger partial charge in [-0.3, -0.25) is 9.36 Å². The first-order valence-corrected chi connectivity index (χ1v) is 11.5. The highest BCUT2D eigenvalue weighted by atomic mass is 35.5. The predicted octanol–water partition coefficient (Wildman–Crippen LogP) is 2.27. The molecule has 0 saturated carbocycles. The summed E-state index contributed by atoms with van der Waals surface area (Å²) in [5.74, 6) is -0.0906. The van der Waals surface area contributed by atoms with Crippen molar-refractivity contribution >= 4 is 17.6 Å². The van der Waals surface area contributed by atoms with Crippen molar-refractivity contribution in [1.82, 2.24) is 38.7 Å². The fourth-order valence-electron chi connectivity index (χ4n) is 3.64. The number of esters is 1. The molecule has 2 atom stereocenters. The second-order valence-corrected chi connectivity index (χ2v) is 8.76. The maximum atomic E-state index is 13.2. The van der Waals surface area contributed by atoms with E-state index in [9.17, 15) is 27.9 Å². The number of aliphatic hydroxyl groups excluding tert-OH is 1. The normalized spacial score (nSPS) is 13.5. The summed E-state index contributed by atoms with van der Waals surface area (Å²) in [7, 11) is 1.71. The Balaban J connectivity index is 1.78. The number of ether oxygens (including phenoxy) is 1. The fraction of sp³-hybridized carbons (Fsp3) is 0.364. The molecule has 0 radical (unpaired) electrons. The first kappa shape index (κ1) is 27.1. The number of halogens is 4. The zero-order valence-electron chi connectivity index (χ0n) is 20.3. The van der Waals surface area contributed by atoms with Crippen LogP contribution in [-0.2, 0) is 29.7 Å². The Morgan fingerprint density at radius 1 is 1.21 bits per heavy atom. The van der Waals surface area contributed by atoms with E-state index in [0.29, 0.717) is 16.5 Å². The number of imidazole rings is 1. The number of carbonyl (C=O) groups is 1. The molecule has 0 saturated heterocycles. The average Bonchev–Trinajstić information content (AvgIpc) is 3.52. The van der Waals surface area contributed by atoms with Gasteiger partial charge in [0.05, 0.1) is 6.54 Å². The van der Waals surface area contributed by atoms with Crippen LogP contribution in [0.1, 0.15) is 31.6 Å². The predicted molar refractivity (Wildman–Crippen MR) is 126 cm³/mol. The molecule has 38 heavy (non-hydrogen) atoms. The molecular weight excluding hydrogens is 533 g/mol. The largest absolute Gasteiger partial charge is 0.455 e. The molecule has 4 aromatic rings. The molecule has 3 heterocycles. The Bertz CT molecular complexity index is 1510. The van der Waals surface area contributed by atoms with Crippen LogP contribution in [0.25, 0.3) is 17.3 Å². The van der Waals surface area contributed by atoms with Crippen LogP contribution in [-0.4, -0.2) is 62.0 Å². The number of hydrogen-bond donors (Lipinski definition) is 1. The molecule has 0 aliphatic carbocycles. The molecule has 16 heteroatoms. The molecule has 1 N–H and O–H groups in total. The van der Waals surface area contributed by atoms with Crippen molar-refractivity contribution in [3.8, 4) is 17.3 Å². The van der Waals surface area contributed by atoms with Gasteiger partial charge < -0.3 is 14.4 Å². The van der Waals surface area contributed by atoms with E-state index in [1.165, 1.54) is 42.1 Å². The van der Waals surface area contributed by atoms with Crippen LogP contribution in [0.3, 0.4) is 0 Å². The molecule has 12 nitrogen and oxygen atoms in total. The van der Waals surface area contributed by atoms with Gasteiger partial charge in [0.1, 0.15) is 6.54 Å². The van der Waals surface area contributed by atoms with Crippen LogP contribution in [0.5, 0.6) is 0 Å². The van der Waals surface area contributed by atoms with Gasteiger partial charge >= 0.3 is 17.8 Å². The summed E-state index contributed by atoms with van der Waals surface area (Å²) in [5, 5.41) is 18.6. The Hall–Kier alpha value is -3.98. The third kappa shape index (κ3) is 5.62. The third-order valence-electron chi connectivity index (χ3n) is 5.42. The fourth-order valence-corrected chi connectivity index (χ4v) is 3.77. The van der Waals surface area contributed by atoms with E-state index in [0.717, 1.165) is 9.25 Å². The third-order valence-corrected chi connectivity index (χ3v) is 5.67. The number of aliphatic hydroxyl groups is 1. The van der Waals surface area contributed by atoms with Gasteiger partial charge in [-0.1, -0.05) is 11.6 Å². The summed E-state index contributed by atoms with van der Waals surface area (Å²) >= 11 is 5.91. The van der Waals surface area contributed by atoms with E-state index in [2.05, 4.69) is 20.2 Å². The lowest BCUT2D eigenvalue weighted by molar-refractivity contribution is -0.207. The SMILES string of the molecule is CC(=O)OC(C)c1nc(Cn2nc(-c3ccc(Cl)cc3)n(CC(O)C(F)(F)F)c2=O)nn1-c1nccn1C. The summed E-state index contributed by atoms with van der Waals surface area (Å²) in [4.78, 5) is 33.3. The molecule has 1 aromatic carbocycles. The summed E-state index contributed by atoms with van der Waals surface area (Å²) < 4.78 is 49.1. The van der Waals surface area contributed by atoms with Crippen molar-refractivity contribution in [3.63, 3.8) is 0 Å². The van der Waals surface area contributed by atoms with Gasteiger partial charge in [0, 0.05) is 37.0 Å². The number of alkyl halides is 3. The minimum absolute atomic E-state index is 0.0489. The van der Waals surface area contributed by atoms with Gasteiger partial charge in [-0.25, -0.2) is 19.4 Å². The van der Waals surface area contributed by atoms with Crippen molar-refractivity contribution in [2.45, 2.75) is 45.3 Å². The molecule has 202 valence electrons. The van der Waals surface area contributed by atoms with Crippen LogP contribution < -0.4 is 5.69 Å². The van der Waals surface area contributed by atoms with Crippen LogP contribution in [0.2, 0.25) is 5.02 Å². The zero-order valence-corrected chi connectivity index (χ0v) is 21.1. The van der Waals surface area contributed by atoms with Gasteiger partial charge in [0.25, 0.3) is 0 Å². The van der Waals surface area contributed by atoms with E-state index in [-0.39, 0.29) is 24.0 Å². The average molecular weight is 555 g/mol. The number of nitrogens with zero attached hydrogens (tertiary/aromatic N) is 8. The Kier molecular flexibility index (Phi) is 7.42. The van der Waals surface area contributed by atoms with Crippen LogP contribution in [0.4, 0.5) is 13.2 Å². The first-order valence-electron chi connectivity index (χ1n) is 11.1. The smallest absolute Gasteiger partial charge is 0.416 e. The number of carbonyl (C=O) groups excluding carboxylic acids is 1. The summed E-state index contributed by atoms with van der Waals surface area (Å²) in [6, 6.07) is 5.95. The lowest BCUT2D eigenvalue weighted by Gasteiger charge is -2.15. The number of hydrogen-bond acceptors (Lipinski definition) is 8. The van der Waals surface area contributed by atoms with Gasteiger partial charge in [0.15, 0.2) is 29.7 Å². The maximum absolute atomic E-state index is 13.2. The van der Waals surface area contributed by atoms with Crippen molar-refractivity contribution < 1.29 is 27.8 Å². The minimum Gasteiger partial charge on any atom is -0.455 e. The molecule has 2 unspecified atom stereocenters. The highest BCUT2D eigenvalue weighted by Gasteiger charge is 2.39. The second kappa shape index (κ2) is 10.4. The molecular formula is C22H22ClF3N8O4. The topological polar surface area (TPSA) is 135 Å². The molecule has 0 fully saturated rings. The van der Waals surface area contributed by atoms with Crippen molar-refractivity contribution in [3.05, 3.63) is 63.8 Å². The quantitative estimate of drug-likeness (QED) is 0.328. The Morgan fingerprint density at radius 2 is 1.89 bits per heavy atom. The maximum Gasteiger partial charge on any atom is 0.416 e. The molecule has 4 rings (SSSR count). The zero-order chi connectivity index (χ0) is 27.8. The highest BCUT2D eigenvalue weighted by Crippen LogP contribution is 2.24. The van der Waals surface area contributed by atoms with Crippen molar-refractivity contribution in [2.24, 2.45) is 7.05 Å². The number of benzene rings is 1. The number of rotatable bonds is 8. The van der Waals surface area contributed by atoms with E-state index in [1.807, 2.05) is 0 Å².